The van der Waals surface area contributed by atoms with Gasteiger partial charge in [-0.2, -0.15) is 0 Å². The topological polar surface area (TPSA) is 3.24 Å². The Morgan fingerprint density at radius 1 is 1.29 bits per heavy atom. The fourth-order valence-electron chi connectivity index (χ4n) is 1.86. The Hall–Kier alpha value is -0.280. The van der Waals surface area contributed by atoms with Gasteiger partial charge in [-0.3, -0.25) is 4.90 Å². The Morgan fingerprint density at radius 2 is 2.06 bits per heavy atom. The number of fused-ring (bicyclic) bond motifs is 1. The number of rotatable bonds is 5. The standard InChI is InChI=1S/C13H16ClNS.ClH/c1-2-15(8-7-14)9-11-10-16-13-6-4-3-5-12(11)13;/h3-6,10H,2,7-9H2,1H3;1H. The molecule has 1 nitrogen and oxygen atoms in total. The SMILES string of the molecule is CCN(CCCl)Cc1csc2ccccc12.Cl. The van der Waals surface area contributed by atoms with E-state index in [1.54, 1.807) is 0 Å². The van der Waals surface area contributed by atoms with E-state index in [-0.39, 0.29) is 12.4 Å². The zero-order valence-electron chi connectivity index (χ0n) is 9.86. The number of hydrogen-bond donors (Lipinski definition) is 0. The summed E-state index contributed by atoms with van der Waals surface area (Å²) in [6.07, 6.45) is 0. The zero-order valence-corrected chi connectivity index (χ0v) is 12.2. The molecule has 0 N–H and O–H groups in total. The number of thiophene rings is 1. The molecule has 0 radical (unpaired) electrons. The van der Waals surface area contributed by atoms with Crippen LogP contribution in [0.4, 0.5) is 0 Å². The minimum atomic E-state index is 0. The van der Waals surface area contributed by atoms with Gasteiger partial charge in [-0.05, 0) is 28.9 Å². The first-order chi connectivity index (χ1) is 7.85. The lowest BCUT2D eigenvalue weighted by molar-refractivity contribution is 0.299. The second-order valence-electron chi connectivity index (χ2n) is 3.81. The molecule has 4 heteroatoms. The van der Waals surface area contributed by atoms with Crippen LogP contribution in [0.5, 0.6) is 0 Å². The van der Waals surface area contributed by atoms with Crippen LogP contribution in [-0.4, -0.2) is 23.9 Å². The highest BCUT2D eigenvalue weighted by molar-refractivity contribution is 7.17. The maximum Gasteiger partial charge on any atom is 0.0351 e. The van der Waals surface area contributed by atoms with Gasteiger partial charge in [0, 0.05) is 23.7 Å². The Morgan fingerprint density at radius 3 is 2.76 bits per heavy atom. The smallest absolute Gasteiger partial charge is 0.0351 e. The molecule has 0 aliphatic carbocycles. The summed E-state index contributed by atoms with van der Waals surface area (Å²) in [6.45, 7) is 5.20. The Balaban J connectivity index is 0.00000144. The van der Waals surface area contributed by atoms with Crippen LogP contribution >= 0.6 is 35.3 Å². The summed E-state index contributed by atoms with van der Waals surface area (Å²) in [5.41, 5.74) is 1.42. The molecule has 94 valence electrons. The van der Waals surface area contributed by atoms with E-state index in [0.717, 1.165) is 19.6 Å². The first-order valence-corrected chi connectivity index (χ1v) is 7.00. The van der Waals surface area contributed by atoms with Crippen molar-refractivity contribution in [3.05, 3.63) is 35.2 Å². The normalized spacial score (nSPS) is 10.8. The van der Waals surface area contributed by atoms with Crippen LogP contribution in [0.15, 0.2) is 29.6 Å². The van der Waals surface area contributed by atoms with Gasteiger partial charge >= 0.3 is 0 Å². The average Bonchev–Trinajstić information content (AvgIpc) is 2.72. The monoisotopic (exact) mass is 289 g/mol. The highest BCUT2D eigenvalue weighted by Crippen LogP contribution is 2.26. The van der Waals surface area contributed by atoms with E-state index in [1.807, 2.05) is 11.3 Å². The molecule has 0 unspecified atom stereocenters. The van der Waals surface area contributed by atoms with Crippen LogP contribution < -0.4 is 0 Å². The van der Waals surface area contributed by atoms with Crippen LogP contribution in [0.1, 0.15) is 12.5 Å². The molecule has 0 fully saturated rings. The minimum Gasteiger partial charge on any atom is -0.298 e. The van der Waals surface area contributed by atoms with Crippen molar-refractivity contribution in [3.8, 4) is 0 Å². The molecule has 0 saturated heterocycles. The van der Waals surface area contributed by atoms with Crippen molar-refractivity contribution < 1.29 is 0 Å². The molecule has 0 aliphatic rings. The Kier molecular flexibility index (Phi) is 6.28. The van der Waals surface area contributed by atoms with Gasteiger partial charge in [0.1, 0.15) is 0 Å². The molecule has 0 saturated carbocycles. The summed E-state index contributed by atoms with van der Waals surface area (Å²) < 4.78 is 1.37. The van der Waals surface area contributed by atoms with Gasteiger partial charge in [0.15, 0.2) is 0 Å². The van der Waals surface area contributed by atoms with Gasteiger partial charge in [-0.15, -0.1) is 35.3 Å². The number of alkyl halides is 1. The number of benzene rings is 1. The van der Waals surface area contributed by atoms with Crippen molar-refractivity contribution in [3.63, 3.8) is 0 Å². The third kappa shape index (κ3) is 3.59. The summed E-state index contributed by atoms with van der Waals surface area (Å²) >= 11 is 7.62. The van der Waals surface area contributed by atoms with Crippen LogP contribution in [0.3, 0.4) is 0 Å². The second kappa shape index (κ2) is 7.22. The maximum atomic E-state index is 5.79. The maximum absolute atomic E-state index is 5.79. The third-order valence-corrected chi connectivity index (χ3v) is 3.98. The van der Waals surface area contributed by atoms with E-state index in [2.05, 4.69) is 41.5 Å². The van der Waals surface area contributed by atoms with Crippen molar-refractivity contribution in [2.75, 3.05) is 19.0 Å². The minimum absolute atomic E-state index is 0. The van der Waals surface area contributed by atoms with Crippen molar-refractivity contribution in [2.45, 2.75) is 13.5 Å². The molecule has 0 atom stereocenters. The summed E-state index contributed by atoms with van der Waals surface area (Å²) in [4.78, 5) is 2.38. The van der Waals surface area contributed by atoms with Gasteiger partial charge < -0.3 is 0 Å². The van der Waals surface area contributed by atoms with Gasteiger partial charge in [0.05, 0.1) is 0 Å². The van der Waals surface area contributed by atoms with Gasteiger partial charge in [0.2, 0.25) is 0 Å². The lowest BCUT2D eigenvalue weighted by atomic mass is 10.1. The largest absolute Gasteiger partial charge is 0.298 e. The number of halogens is 2. The molecular weight excluding hydrogens is 273 g/mol. The molecular formula is C13H17Cl2NS. The van der Waals surface area contributed by atoms with E-state index in [9.17, 15) is 0 Å². The predicted octanol–water partition coefficient (Wildman–Crippen LogP) is 4.38. The fourth-order valence-corrected chi connectivity index (χ4v) is 3.06. The molecule has 0 amide bonds. The summed E-state index contributed by atoms with van der Waals surface area (Å²) in [5, 5.41) is 3.65. The van der Waals surface area contributed by atoms with Gasteiger partial charge in [-0.25, -0.2) is 0 Å². The molecule has 2 aromatic rings. The van der Waals surface area contributed by atoms with Crippen molar-refractivity contribution in [1.82, 2.24) is 4.90 Å². The van der Waals surface area contributed by atoms with E-state index >= 15 is 0 Å². The van der Waals surface area contributed by atoms with Gasteiger partial charge in [-0.1, -0.05) is 25.1 Å². The quantitative estimate of drug-likeness (QED) is 0.738. The lowest BCUT2D eigenvalue weighted by Gasteiger charge is -2.18. The van der Waals surface area contributed by atoms with E-state index in [1.165, 1.54) is 15.6 Å². The summed E-state index contributed by atoms with van der Waals surface area (Å²) in [6, 6.07) is 8.59. The molecule has 2 rings (SSSR count). The lowest BCUT2D eigenvalue weighted by Crippen LogP contribution is -2.24. The van der Waals surface area contributed by atoms with Crippen LogP contribution in [0.2, 0.25) is 0 Å². The Bertz CT molecular complexity index is 455. The van der Waals surface area contributed by atoms with Crippen molar-refractivity contribution in [1.29, 1.82) is 0 Å². The highest BCUT2D eigenvalue weighted by Gasteiger charge is 2.07. The number of hydrogen-bond acceptors (Lipinski definition) is 2. The molecule has 0 spiro atoms. The molecule has 17 heavy (non-hydrogen) atoms. The molecule has 1 aromatic carbocycles. The second-order valence-corrected chi connectivity index (χ2v) is 5.10. The molecule has 1 heterocycles. The van der Waals surface area contributed by atoms with E-state index < -0.39 is 0 Å². The molecule has 0 aliphatic heterocycles. The zero-order chi connectivity index (χ0) is 11.4. The number of nitrogens with zero attached hydrogens (tertiary/aromatic N) is 1. The first kappa shape index (κ1) is 14.8. The van der Waals surface area contributed by atoms with Crippen LogP contribution in [-0.2, 0) is 6.54 Å². The van der Waals surface area contributed by atoms with E-state index in [4.69, 9.17) is 11.6 Å². The first-order valence-electron chi connectivity index (χ1n) is 5.58. The fraction of sp³-hybridized carbons (Fsp3) is 0.385. The average molecular weight is 290 g/mol. The van der Waals surface area contributed by atoms with Crippen LogP contribution in [0, 0.1) is 0 Å². The van der Waals surface area contributed by atoms with E-state index in [0.29, 0.717) is 5.88 Å². The third-order valence-electron chi connectivity index (χ3n) is 2.80. The molecule has 1 aromatic heterocycles. The van der Waals surface area contributed by atoms with Gasteiger partial charge in [0.25, 0.3) is 0 Å². The van der Waals surface area contributed by atoms with Crippen molar-refractivity contribution in [2.24, 2.45) is 0 Å². The summed E-state index contributed by atoms with van der Waals surface area (Å²) in [7, 11) is 0. The van der Waals surface area contributed by atoms with Crippen LogP contribution in [0.25, 0.3) is 10.1 Å². The predicted molar refractivity (Wildman–Crippen MR) is 80.7 cm³/mol. The summed E-state index contributed by atoms with van der Waals surface area (Å²) in [5.74, 6) is 0.704. The highest BCUT2D eigenvalue weighted by atomic mass is 35.5. The molecule has 0 bridgehead atoms. The van der Waals surface area contributed by atoms with Crippen molar-refractivity contribution >= 4 is 45.4 Å². The Labute approximate surface area is 118 Å².